The van der Waals surface area contributed by atoms with E-state index >= 15 is 0 Å². The van der Waals surface area contributed by atoms with Gasteiger partial charge < -0.3 is 15.5 Å². The van der Waals surface area contributed by atoms with E-state index in [1.807, 2.05) is 6.07 Å². The molecule has 0 spiro atoms. The van der Waals surface area contributed by atoms with Crippen LogP contribution in [0, 0.1) is 11.6 Å². The first-order valence-corrected chi connectivity index (χ1v) is 9.37. The van der Waals surface area contributed by atoms with Crippen LogP contribution in [0.3, 0.4) is 0 Å². The Hall–Kier alpha value is -1.90. The molecule has 3 rings (SSSR count). The summed E-state index contributed by atoms with van der Waals surface area (Å²) in [6.45, 7) is 2.48. The number of piperidine rings is 1. The number of guanidine groups is 1. The van der Waals surface area contributed by atoms with Gasteiger partial charge in [0.2, 0.25) is 0 Å². The van der Waals surface area contributed by atoms with Crippen LogP contribution in [0.4, 0.5) is 14.5 Å². The highest BCUT2D eigenvalue weighted by Gasteiger charge is 2.20. The number of nitrogens with zero attached hydrogens (tertiary/aromatic N) is 2. The molecule has 2 aromatic rings. The molecule has 0 amide bonds. The molecule has 1 aliphatic rings. The first kappa shape index (κ1) is 22.4. The van der Waals surface area contributed by atoms with Crippen LogP contribution in [-0.2, 0) is 6.42 Å². The zero-order valence-electron chi connectivity index (χ0n) is 16.0. The van der Waals surface area contributed by atoms with E-state index < -0.39 is 5.82 Å². The second kappa shape index (κ2) is 11.2. The number of benzene rings is 2. The Balaban J connectivity index is 0.00000280. The summed E-state index contributed by atoms with van der Waals surface area (Å²) in [5.74, 6) is -0.0986. The maximum absolute atomic E-state index is 13.7. The monoisotopic (exact) mass is 500 g/mol. The minimum atomic E-state index is -0.418. The Morgan fingerprint density at radius 3 is 2.50 bits per heavy atom. The fourth-order valence-electron chi connectivity index (χ4n) is 3.36. The van der Waals surface area contributed by atoms with E-state index in [-0.39, 0.29) is 29.8 Å². The molecule has 0 atom stereocenters. The van der Waals surface area contributed by atoms with Crippen molar-refractivity contribution in [1.29, 1.82) is 0 Å². The standard InChI is InChI=1S/C21H26F2N4.HI/c1-24-21(25-12-9-16-15-17(22)7-8-20(16)23)26-18-10-13-27(14-11-18)19-5-3-2-4-6-19;/h2-8,15,18H,9-14H2,1H3,(H2,24,25,26);1H. The normalized spacial score (nSPS) is 15.1. The van der Waals surface area contributed by atoms with Crippen LogP contribution in [0.25, 0.3) is 0 Å². The smallest absolute Gasteiger partial charge is 0.191 e. The molecule has 4 nitrogen and oxygen atoms in total. The van der Waals surface area contributed by atoms with Gasteiger partial charge in [0.05, 0.1) is 0 Å². The van der Waals surface area contributed by atoms with Gasteiger partial charge in [0, 0.05) is 38.4 Å². The third kappa shape index (κ3) is 6.32. The zero-order chi connectivity index (χ0) is 19.1. The number of hydrogen-bond acceptors (Lipinski definition) is 2. The fourth-order valence-corrected chi connectivity index (χ4v) is 3.36. The Morgan fingerprint density at radius 1 is 1.11 bits per heavy atom. The highest BCUT2D eigenvalue weighted by Crippen LogP contribution is 2.19. The number of halogens is 3. The van der Waals surface area contributed by atoms with Gasteiger partial charge in [-0.2, -0.15) is 0 Å². The fraction of sp³-hybridized carbons (Fsp3) is 0.381. The van der Waals surface area contributed by atoms with E-state index in [1.54, 1.807) is 7.05 Å². The molecule has 1 heterocycles. The first-order valence-electron chi connectivity index (χ1n) is 9.37. The topological polar surface area (TPSA) is 39.7 Å². The largest absolute Gasteiger partial charge is 0.371 e. The molecule has 7 heteroatoms. The highest BCUT2D eigenvalue weighted by atomic mass is 127. The van der Waals surface area contributed by atoms with Gasteiger partial charge in [0.1, 0.15) is 11.6 Å². The van der Waals surface area contributed by atoms with Gasteiger partial charge in [-0.05, 0) is 55.2 Å². The quantitative estimate of drug-likeness (QED) is 0.371. The molecule has 0 aromatic heterocycles. The van der Waals surface area contributed by atoms with E-state index in [4.69, 9.17) is 0 Å². The summed E-state index contributed by atoms with van der Waals surface area (Å²) in [6, 6.07) is 14.3. The second-order valence-corrected chi connectivity index (χ2v) is 6.73. The zero-order valence-corrected chi connectivity index (χ0v) is 18.3. The lowest BCUT2D eigenvalue weighted by Gasteiger charge is -2.34. The molecule has 0 aliphatic carbocycles. The molecule has 1 saturated heterocycles. The molecule has 2 aromatic carbocycles. The third-order valence-corrected chi connectivity index (χ3v) is 4.88. The molecule has 2 N–H and O–H groups in total. The number of rotatable bonds is 5. The van der Waals surface area contributed by atoms with Gasteiger partial charge >= 0.3 is 0 Å². The van der Waals surface area contributed by atoms with Crippen molar-refractivity contribution in [3.05, 3.63) is 65.7 Å². The predicted octanol–water partition coefficient (Wildman–Crippen LogP) is 3.96. The van der Waals surface area contributed by atoms with Crippen molar-refractivity contribution in [3.63, 3.8) is 0 Å². The minimum Gasteiger partial charge on any atom is -0.371 e. The Kier molecular flexibility index (Phi) is 8.95. The van der Waals surface area contributed by atoms with E-state index in [0.717, 1.165) is 38.1 Å². The van der Waals surface area contributed by atoms with Crippen molar-refractivity contribution in [2.24, 2.45) is 4.99 Å². The minimum absolute atomic E-state index is 0. The number of aliphatic imine (C=N–C) groups is 1. The SMILES string of the molecule is CN=C(NCCc1cc(F)ccc1F)NC1CCN(c2ccccc2)CC1.I. The number of anilines is 1. The molecule has 1 aliphatic heterocycles. The molecule has 0 unspecified atom stereocenters. The van der Waals surface area contributed by atoms with E-state index in [1.165, 1.54) is 11.8 Å². The molecular formula is C21H27F2IN4. The predicted molar refractivity (Wildman–Crippen MR) is 122 cm³/mol. The summed E-state index contributed by atoms with van der Waals surface area (Å²) in [5.41, 5.74) is 1.63. The molecule has 1 fully saturated rings. The van der Waals surface area contributed by atoms with Crippen LogP contribution in [-0.4, -0.2) is 38.7 Å². The third-order valence-electron chi connectivity index (χ3n) is 4.88. The van der Waals surface area contributed by atoms with Crippen LogP contribution in [0.5, 0.6) is 0 Å². The summed E-state index contributed by atoms with van der Waals surface area (Å²) in [5, 5.41) is 6.63. The summed E-state index contributed by atoms with van der Waals surface area (Å²) >= 11 is 0. The lowest BCUT2D eigenvalue weighted by molar-refractivity contribution is 0.461. The van der Waals surface area contributed by atoms with E-state index in [0.29, 0.717) is 30.5 Å². The van der Waals surface area contributed by atoms with Crippen LogP contribution >= 0.6 is 24.0 Å². The van der Waals surface area contributed by atoms with Crippen molar-refractivity contribution < 1.29 is 8.78 Å². The maximum Gasteiger partial charge on any atom is 0.191 e. The molecular weight excluding hydrogens is 473 g/mol. The lowest BCUT2D eigenvalue weighted by Crippen LogP contribution is -2.49. The van der Waals surface area contributed by atoms with Gasteiger partial charge in [-0.15, -0.1) is 24.0 Å². The average molecular weight is 500 g/mol. The highest BCUT2D eigenvalue weighted by molar-refractivity contribution is 14.0. The van der Waals surface area contributed by atoms with Gasteiger partial charge in [-0.1, -0.05) is 18.2 Å². The Bertz CT molecular complexity index is 762. The summed E-state index contributed by atoms with van der Waals surface area (Å²) in [4.78, 5) is 6.63. The van der Waals surface area contributed by atoms with Gasteiger partial charge in [0.15, 0.2) is 5.96 Å². The second-order valence-electron chi connectivity index (χ2n) is 6.73. The van der Waals surface area contributed by atoms with Crippen molar-refractivity contribution in [2.45, 2.75) is 25.3 Å². The Morgan fingerprint density at radius 2 is 1.82 bits per heavy atom. The van der Waals surface area contributed by atoms with Crippen LogP contribution in [0.2, 0.25) is 0 Å². The molecule has 0 saturated carbocycles. The molecule has 0 radical (unpaired) electrons. The van der Waals surface area contributed by atoms with Crippen molar-refractivity contribution in [1.82, 2.24) is 10.6 Å². The van der Waals surface area contributed by atoms with Crippen molar-refractivity contribution in [2.75, 3.05) is 31.6 Å². The summed E-state index contributed by atoms with van der Waals surface area (Å²) < 4.78 is 26.9. The van der Waals surface area contributed by atoms with Gasteiger partial charge in [0.25, 0.3) is 0 Å². The average Bonchev–Trinajstić information content (AvgIpc) is 2.71. The van der Waals surface area contributed by atoms with Crippen LogP contribution in [0.15, 0.2) is 53.5 Å². The van der Waals surface area contributed by atoms with E-state index in [9.17, 15) is 8.78 Å². The lowest BCUT2D eigenvalue weighted by atomic mass is 10.0. The molecule has 152 valence electrons. The van der Waals surface area contributed by atoms with Gasteiger partial charge in [-0.25, -0.2) is 8.78 Å². The number of para-hydroxylation sites is 1. The first-order chi connectivity index (χ1) is 13.2. The molecule has 0 bridgehead atoms. The van der Waals surface area contributed by atoms with Crippen molar-refractivity contribution >= 4 is 35.6 Å². The van der Waals surface area contributed by atoms with E-state index in [2.05, 4.69) is 44.8 Å². The van der Waals surface area contributed by atoms with Gasteiger partial charge in [-0.3, -0.25) is 4.99 Å². The van der Waals surface area contributed by atoms with Crippen molar-refractivity contribution in [3.8, 4) is 0 Å². The molecule has 28 heavy (non-hydrogen) atoms. The Labute approximate surface area is 182 Å². The van der Waals surface area contributed by atoms with Crippen LogP contribution < -0.4 is 15.5 Å². The maximum atomic E-state index is 13.7. The van der Waals surface area contributed by atoms with Crippen LogP contribution in [0.1, 0.15) is 18.4 Å². The number of hydrogen-bond donors (Lipinski definition) is 2. The number of nitrogens with one attached hydrogen (secondary N) is 2. The summed E-state index contributed by atoms with van der Waals surface area (Å²) in [6.07, 6.45) is 2.44. The summed E-state index contributed by atoms with van der Waals surface area (Å²) in [7, 11) is 1.72.